The summed E-state index contributed by atoms with van der Waals surface area (Å²) in [6, 6.07) is 1.21. The summed E-state index contributed by atoms with van der Waals surface area (Å²) in [7, 11) is 1.96. The van der Waals surface area contributed by atoms with Crippen LogP contribution in [-0.2, 0) is 9.47 Å². The van der Waals surface area contributed by atoms with Crippen molar-refractivity contribution in [1.82, 2.24) is 10.6 Å². The molecule has 0 aromatic carbocycles. The van der Waals surface area contributed by atoms with E-state index < -0.39 is 0 Å². The van der Waals surface area contributed by atoms with Gasteiger partial charge in [-0.15, -0.1) is 0 Å². The summed E-state index contributed by atoms with van der Waals surface area (Å²) in [6.45, 7) is 10.1. The maximum absolute atomic E-state index is 5.74. The zero-order valence-electron chi connectivity index (χ0n) is 11.8. The van der Waals surface area contributed by atoms with E-state index in [4.69, 9.17) is 9.47 Å². The Morgan fingerprint density at radius 1 is 1.06 bits per heavy atom. The molecule has 0 radical (unpaired) electrons. The van der Waals surface area contributed by atoms with Crippen molar-refractivity contribution in [3.8, 4) is 0 Å². The van der Waals surface area contributed by atoms with Crippen LogP contribution in [0.5, 0.6) is 0 Å². The van der Waals surface area contributed by atoms with Gasteiger partial charge in [-0.05, 0) is 7.05 Å². The van der Waals surface area contributed by atoms with Crippen LogP contribution in [0.15, 0.2) is 0 Å². The molecule has 0 bridgehead atoms. The van der Waals surface area contributed by atoms with Gasteiger partial charge in [0.15, 0.2) is 0 Å². The van der Waals surface area contributed by atoms with Crippen molar-refractivity contribution in [2.45, 2.75) is 64.4 Å². The fourth-order valence-corrected chi connectivity index (χ4v) is 2.32. The Morgan fingerprint density at radius 3 is 2.00 bits per heavy atom. The molecule has 0 aromatic rings. The number of likely N-dealkylation sites (N-methyl/N-ethyl adjacent to an activating group) is 1. The summed E-state index contributed by atoms with van der Waals surface area (Å²) in [5, 5.41) is 6.71. The third-order valence-electron chi connectivity index (χ3n) is 2.97. The molecule has 2 rings (SSSR count). The molecule has 2 N–H and O–H groups in total. The van der Waals surface area contributed by atoms with Crippen molar-refractivity contribution in [2.75, 3.05) is 20.3 Å². The Hall–Kier alpha value is -0.160. The van der Waals surface area contributed by atoms with Crippen molar-refractivity contribution < 1.29 is 9.47 Å². The number of ether oxygens (including phenoxy) is 2. The fraction of sp³-hybridized carbons (Fsp3) is 1.00. The topological polar surface area (TPSA) is 42.5 Å². The fourth-order valence-electron chi connectivity index (χ4n) is 2.32. The van der Waals surface area contributed by atoms with E-state index in [0.717, 1.165) is 13.2 Å². The highest BCUT2D eigenvalue weighted by molar-refractivity contribution is 5.00. The molecule has 0 saturated carbocycles. The molecule has 0 spiro atoms. The molecule has 0 aliphatic carbocycles. The molecule has 4 heteroatoms. The molecule has 2 aliphatic rings. The zero-order valence-corrected chi connectivity index (χ0v) is 11.8. The quantitative estimate of drug-likeness (QED) is 0.782. The van der Waals surface area contributed by atoms with Crippen LogP contribution in [0.1, 0.15) is 34.1 Å². The van der Waals surface area contributed by atoms with E-state index >= 15 is 0 Å². The Labute approximate surface area is 105 Å². The van der Waals surface area contributed by atoms with Crippen LogP contribution in [-0.4, -0.2) is 50.6 Å². The van der Waals surface area contributed by atoms with E-state index in [1.807, 2.05) is 7.05 Å². The lowest BCUT2D eigenvalue weighted by atomic mass is 10.1. The highest BCUT2D eigenvalue weighted by atomic mass is 16.6. The normalized spacial score (nSPS) is 35.6. The molecule has 0 aromatic heterocycles. The van der Waals surface area contributed by atoms with Gasteiger partial charge in [-0.2, -0.15) is 0 Å². The Kier molecular flexibility index (Phi) is 6.41. The minimum atomic E-state index is 0.231. The third kappa shape index (κ3) is 3.91. The first-order valence-electron chi connectivity index (χ1n) is 6.80. The summed E-state index contributed by atoms with van der Waals surface area (Å²) in [5.74, 6) is 0. The van der Waals surface area contributed by atoms with Gasteiger partial charge in [-0.1, -0.05) is 34.1 Å². The SMILES string of the molecule is CCC.CNC1COC2C(NC(C)C)COC12. The summed E-state index contributed by atoms with van der Waals surface area (Å²) in [4.78, 5) is 0. The Morgan fingerprint density at radius 2 is 1.53 bits per heavy atom. The van der Waals surface area contributed by atoms with Crippen molar-refractivity contribution in [1.29, 1.82) is 0 Å². The lowest BCUT2D eigenvalue weighted by molar-refractivity contribution is 0.0655. The molecule has 4 unspecified atom stereocenters. The monoisotopic (exact) mass is 244 g/mol. The summed E-state index contributed by atoms with van der Waals surface area (Å²) < 4.78 is 11.5. The van der Waals surface area contributed by atoms with E-state index in [9.17, 15) is 0 Å². The van der Waals surface area contributed by atoms with E-state index in [2.05, 4.69) is 38.3 Å². The van der Waals surface area contributed by atoms with E-state index in [1.54, 1.807) is 0 Å². The standard InChI is InChI=1S/C10H20N2O2.C3H8/c1-6(2)12-8-5-14-9-7(11-3)4-13-10(8)9;1-3-2/h6-12H,4-5H2,1-3H3;3H2,1-2H3. The molecule has 102 valence electrons. The van der Waals surface area contributed by atoms with E-state index in [1.165, 1.54) is 6.42 Å². The van der Waals surface area contributed by atoms with Gasteiger partial charge in [0, 0.05) is 6.04 Å². The van der Waals surface area contributed by atoms with Gasteiger partial charge in [0.05, 0.1) is 25.3 Å². The smallest absolute Gasteiger partial charge is 0.103 e. The lowest BCUT2D eigenvalue weighted by Gasteiger charge is -2.19. The van der Waals surface area contributed by atoms with Crippen LogP contribution in [0.2, 0.25) is 0 Å². The predicted octanol–water partition coefficient (Wildman–Crippen LogP) is 1.15. The van der Waals surface area contributed by atoms with Gasteiger partial charge in [0.25, 0.3) is 0 Å². The summed E-state index contributed by atoms with van der Waals surface area (Å²) in [5.41, 5.74) is 0. The first-order chi connectivity index (χ1) is 8.13. The van der Waals surface area contributed by atoms with Crippen LogP contribution < -0.4 is 10.6 Å². The van der Waals surface area contributed by atoms with Gasteiger partial charge in [0.2, 0.25) is 0 Å². The van der Waals surface area contributed by atoms with E-state index in [-0.39, 0.29) is 12.2 Å². The summed E-state index contributed by atoms with van der Waals surface area (Å²) in [6.07, 6.45) is 1.71. The molecular formula is C13H28N2O2. The number of fused-ring (bicyclic) bond motifs is 1. The van der Waals surface area contributed by atoms with Crippen molar-refractivity contribution in [2.24, 2.45) is 0 Å². The van der Waals surface area contributed by atoms with Crippen molar-refractivity contribution >= 4 is 0 Å². The molecule has 2 heterocycles. The first kappa shape index (κ1) is 14.9. The maximum atomic E-state index is 5.74. The largest absolute Gasteiger partial charge is 0.372 e. The van der Waals surface area contributed by atoms with Crippen LogP contribution in [0, 0.1) is 0 Å². The molecule has 4 nitrogen and oxygen atoms in total. The average molecular weight is 244 g/mol. The van der Waals surface area contributed by atoms with E-state index in [0.29, 0.717) is 18.1 Å². The van der Waals surface area contributed by atoms with Crippen molar-refractivity contribution in [3.05, 3.63) is 0 Å². The number of hydrogen-bond donors (Lipinski definition) is 2. The van der Waals surface area contributed by atoms with Gasteiger partial charge in [-0.25, -0.2) is 0 Å². The highest BCUT2D eigenvalue weighted by Gasteiger charge is 2.46. The van der Waals surface area contributed by atoms with Gasteiger partial charge in [-0.3, -0.25) is 0 Å². The zero-order chi connectivity index (χ0) is 12.8. The Bertz CT molecular complexity index is 212. The van der Waals surface area contributed by atoms with Gasteiger partial charge < -0.3 is 20.1 Å². The van der Waals surface area contributed by atoms with Crippen molar-refractivity contribution in [3.63, 3.8) is 0 Å². The second kappa shape index (κ2) is 7.31. The predicted molar refractivity (Wildman–Crippen MR) is 70.4 cm³/mol. The molecule has 2 saturated heterocycles. The molecule has 17 heavy (non-hydrogen) atoms. The first-order valence-corrected chi connectivity index (χ1v) is 6.80. The minimum Gasteiger partial charge on any atom is -0.372 e. The Balaban J connectivity index is 0.000000437. The van der Waals surface area contributed by atoms with Crippen LogP contribution in [0.25, 0.3) is 0 Å². The molecule has 2 aliphatic heterocycles. The van der Waals surface area contributed by atoms with Crippen LogP contribution in [0.3, 0.4) is 0 Å². The van der Waals surface area contributed by atoms with Crippen LogP contribution in [0.4, 0.5) is 0 Å². The number of hydrogen-bond acceptors (Lipinski definition) is 4. The maximum Gasteiger partial charge on any atom is 0.103 e. The molecular weight excluding hydrogens is 216 g/mol. The third-order valence-corrected chi connectivity index (χ3v) is 2.97. The molecule has 0 amide bonds. The second-order valence-corrected chi connectivity index (χ2v) is 5.13. The number of rotatable bonds is 3. The lowest BCUT2D eigenvalue weighted by Crippen LogP contribution is -2.45. The second-order valence-electron chi connectivity index (χ2n) is 5.13. The average Bonchev–Trinajstić information content (AvgIpc) is 2.81. The summed E-state index contributed by atoms with van der Waals surface area (Å²) >= 11 is 0. The molecule has 4 atom stereocenters. The highest BCUT2D eigenvalue weighted by Crippen LogP contribution is 2.26. The number of nitrogens with one attached hydrogen (secondary N) is 2. The minimum absolute atomic E-state index is 0.231. The molecule has 2 fully saturated rings. The van der Waals surface area contributed by atoms with Gasteiger partial charge >= 0.3 is 0 Å². The van der Waals surface area contributed by atoms with Gasteiger partial charge in [0.1, 0.15) is 12.2 Å². The van der Waals surface area contributed by atoms with Crippen LogP contribution >= 0.6 is 0 Å².